The Balaban J connectivity index is 2.35. The zero-order chi connectivity index (χ0) is 11.4. The van der Waals surface area contributed by atoms with Crippen LogP contribution < -0.4 is 0 Å². The summed E-state index contributed by atoms with van der Waals surface area (Å²) in [6.07, 6.45) is 0.580. The van der Waals surface area contributed by atoms with Gasteiger partial charge < -0.3 is 5.11 Å². The van der Waals surface area contributed by atoms with E-state index >= 15 is 0 Å². The molecule has 16 heavy (non-hydrogen) atoms. The number of hydrogen-bond acceptors (Lipinski definition) is 2. The highest BCUT2D eigenvalue weighted by Crippen LogP contribution is 2.21. The zero-order valence-electron chi connectivity index (χ0n) is 8.72. The van der Waals surface area contributed by atoms with Crippen LogP contribution in [0.25, 0.3) is 0 Å². The van der Waals surface area contributed by atoms with Crippen LogP contribution in [0.1, 0.15) is 16.7 Å². The molecule has 0 saturated heterocycles. The minimum atomic E-state index is 0.273. The van der Waals surface area contributed by atoms with Crippen molar-refractivity contribution >= 4 is 0 Å². The minimum absolute atomic E-state index is 0.273. The van der Waals surface area contributed by atoms with E-state index in [0.29, 0.717) is 12.0 Å². The second-order valence-electron chi connectivity index (χ2n) is 3.57. The first kappa shape index (κ1) is 10.3. The van der Waals surface area contributed by atoms with Gasteiger partial charge in [-0.2, -0.15) is 5.26 Å². The summed E-state index contributed by atoms with van der Waals surface area (Å²) in [5, 5.41) is 18.6. The first-order valence-corrected chi connectivity index (χ1v) is 5.06. The topological polar surface area (TPSA) is 44.0 Å². The summed E-state index contributed by atoms with van der Waals surface area (Å²) < 4.78 is 0. The van der Waals surface area contributed by atoms with Crippen molar-refractivity contribution in [3.8, 4) is 11.8 Å². The highest BCUT2D eigenvalue weighted by molar-refractivity contribution is 5.43. The van der Waals surface area contributed by atoms with Crippen LogP contribution >= 0.6 is 0 Å². The van der Waals surface area contributed by atoms with Gasteiger partial charge >= 0.3 is 0 Å². The summed E-state index contributed by atoms with van der Waals surface area (Å²) in [6.45, 7) is 0. The number of rotatable bonds is 2. The smallest absolute Gasteiger partial charge is 0.119 e. The van der Waals surface area contributed by atoms with Gasteiger partial charge in [0.25, 0.3) is 0 Å². The quantitative estimate of drug-likeness (QED) is 0.826. The lowest BCUT2D eigenvalue weighted by Gasteiger charge is -2.05. The molecule has 0 heterocycles. The molecule has 0 amide bonds. The third-order valence-corrected chi connectivity index (χ3v) is 2.51. The standard InChI is InChI=1S/C14H11NO/c15-10-13-7-2-1-5-11(13)9-12-6-3-4-8-14(12)16/h1-8,16H,9H2. The Morgan fingerprint density at radius 1 is 0.938 bits per heavy atom. The molecule has 2 nitrogen and oxygen atoms in total. The fourth-order valence-electron chi connectivity index (χ4n) is 1.65. The number of nitriles is 1. The van der Waals surface area contributed by atoms with Gasteiger partial charge in [0, 0.05) is 6.42 Å². The number of para-hydroxylation sites is 1. The summed E-state index contributed by atoms with van der Waals surface area (Å²) in [7, 11) is 0. The highest BCUT2D eigenvalue weighted by atomic mass is 16.3. The fourth-order valence-corrected chi connectivity index (χ4v) is 1.65. The van der Waals surface area contributed by atoms with Crippen LogP contribution in [0.15, 0.2) is 48.5 Å². The van der Waals surface area contributed by atoms with Gasteiger partial charge in [-0.15, -0.1) is 0 Å². The maximum Gasteiger partial charge on any atom is 0.119 e. The molecule has 0 bridgehead atoms. The van der Waals surface area contributed by atoms with Gasteiger partial charge in [-0.05, 0) is 23.3 Å². The van der Waals surface area contributed by atoms with Gasteiger partial charge in [0.1, 0.15) is 5.75 Å². The van der Waals surface area contributed by atoms with Crippen molar-refractivity contribution in [1.82, 2.24) is 0 Å². The zero-order valence-corrected chi connectivity index (χ0v) is 8.72. The molecule has 0 aliphatic heterocycles. The van der Waals surface area contributed by atoms with Crippen molar-refractivity contribution in [1.29, 1.82) is 5.26 Å². The molecule has 0 aliphatic rings. The second-order valence-corrected chi connectivity index (χ2v) is 3.57. The van der Waals surface area contributed by atoms with E-state index in [2.05, 4.69) is 6.07 Å². The number of hydrogen-bond donors (Lipinski definition) is 1. The van der Waals surface area contributed by atoms with Crippen molar-refractivity contribution in [2.24, 2.45) is 0 Å². The summed E-state index contributed by atoms with van der Waals surface area (Å²) in [5.74, 6) is 0.273. The summed E-state index contributed by atoms with van der Waals surface area (Å²) in [6, 6.07) is 16.8. The molecule has 0 spiro atoms. The van der Waals surface area contributed by atoms with Crippen molar-refractivity contribution in [2.75, 3.05) is 0 Å². The van der Waals surface area contributed by atoms with Crippen LogP contribution in [0.2, 0.25) is 0 Å². The molecule has 0 fully saturated rings. The maximum absolute atomic E-state index is 9.65. The number of nitrogens with zero attached hydrogens (tertiary/aromatic N) is 1. The van der Waals surface area contributed by atoms with Crippen molar-refractivity contribution in [3.05, 3.63) is 65.2 Å². The van der Waals surface area contributed by atoms with E-state index in [1.807, 2.05) is 30.3 Å². The van der Waals surface area contributed by atoms with Crippen LogP contribution in [0, 0.1) is 11.3 Å². The molecule has 2 heteroatoms. The fraction of sp³-hybridized carbons (Fsp3) is 0.0714. The molecule has 0 aliphatic carbocycles. The first-order valence-electron chi connectivity index (χ1n) is 5.06. The highest BCUT2D eigenvalue weighted by Gasteiger charge is 2.04. The van der Waals surface area contributed by atoms with E-state index in [1.165, 1.54) is 0 Å². The lowest BCUT2D eigenvalue weighted by molar-refractivity contribution is 0.469. The minimum Gasteiger partial charge on any atom is -0.508 e. The summed E-state index contributed by atoms with van der Waals surface area (Å²) >= 11 is 0. The largest absolute Gasteiger partial charge is 0.508 e. The molecule has 0 radical (unpaired) electrons. The van der Waals surface area contributed by atoms with Crippen LogP contribution in [0.5, 0.6) is 5.75 Å². The molecule has 0 aromatic heterocycles. The van der Waals surface area contributed by atoms with Crippen LogP contribution in [0.3, 0.4) is 0 Å². The Bertz CT molecular complexity index is 540. The van der Waals surface area contributed by atoms with E-state index in [-0.39, 0.29) is 5.75 Å². The number of aromatic hydroxyl groups is 1. The van der Waals surface area contributed by atoms with Gasteiger partial charge in [-0.25, -0.2) is 0 Å². The Labute approximate surface area is 94.4 Å². The SMILES string of the molecule is N#Cc1ccccc1Cc1ccccc1O. The lowest BCUT2D eigenvalue weighted by atomic mass is 10.00. The van der Waals surface area contributed by atoms with Crippen molar-refractivity contribution < 1.29 is 5.11 Å². The molecular weight excluding hydrogens is 198 g/mol. The van der Waals surface area contributed by atoms with E-state index < -0.39 is 0 Å². The molecule has 0 saturated carbocycles. The Morgan fingerprint density at radius 2 is 1.56 bits per heavy atom. The number of phenols is 1. The molecular formula is C14H11NO. The van der Waals surface area contributed by atoms with E-state index in [0.717, 1.165) is 11.1 Å². The average molecular weight is 209 g/mol. The van der Waals surface area contributed by atoms with Gasteiger partial charge in [0.2, 0.25) is 0 Å². The van der Waals surface area contributed by atoms with Gasteiger partial charge in [0.05, 0.1) is 11.6 Å². The average Bonchev–Trinajstić information content (AvgIpc) is 2.33. The molecule has 0 atom stereocenters. The maximum atomic E-state index is 9.65. The number of benzene rings is 2. The number of phenolic OH excluding ortho intramolecular Hbond substituents is 1. The van der Waals surface area contributed by atoms with Crippen molar-refractivity contribution in [2.45, 2.75) is 6.42 Å². The van der Waals surface area contributed by atoms with Gasteiger partial charge in [0.15, 0.2) is 0 Å². The molecule has 2 rings (SSSR count). The second kappa shape index (κ2) is 4.50. The molecule has 0 unspecified atom stereocenters. The molecule has 2 aromatic rings. The monoisotopic (exact) mass is 209 g/mol. The lowest BCUT2D eigenvalue weighted by Crippen LogP contribution is -1.92. The van der Waals surface area contributed by atoms with E-state index in [9.17, 15) is 5.11 Å². The van der Waals surface area contributed by atoms with E-state index in [1.54, 1.807) is 18.2 Å². The Hall–Kier alpha value is -2.27. The predicted octanol–water partition coefficient (Wildman–Crippen LogP) is 2.85. The van der Waals surface area contributed by atoms with Crippen LogP contribution in [-0.2, 0) is 6.42 Å². The third-order valence-electron chi connectivity index (χ3n) is 2.51. The van der Waals surface area contributed by atoms with Crippen LogP contribution in [-0.4, -0.2) is 5.11 Å². The summed E-state index contributed by atoms with van der Waals surface area (Å²) in [4.78, 5) is 0. The molecule has 78 valence electrons. The van der Waals surface area contributed by atoms with E-state index in [4.69, 9.17) is 5.26 Å². The van der Waals surface area contributed by atoms with Gasteiger partial charge in [-0.3, -0.25) is 0 Å². The Morgan fingerprint density at radius 3 is 2.25 bits per heavy atom. The third kappa shape index (κ3) is 2.04. The normalized spacial score (nSPS) is 9.69. The van der Waals surface area contributed by atoms with Crippen LogP contribution in [0.4, 0.5) is 0 Å². The Kier molecular flexibility index (Phi) is 2.88. The van der Waals surface area contributed by atoms with Gasteiger partial charge in [-0.1, -0.05) is 36.4 Å². The summed E-state index contributed by atoms with van der Waals surface area (Å²) in [5.41, 5.74) is 2.43. The van der Waals surface area contributed by atoms with Crippen molar-refractivity contribution in [3.63, 3.8) is 0 Å². The molecule has 2 aromatic carbocycles. The predicted molar refractivity (Wildman–Crippen MR) is 62.1 cm³/mol. The first-order chi connectivity index (χ1) is 7.81. The molecule has 1 N–H and O–H groups in total.